The lowest BCUT2D eigenvalue weighted by Crippen LogP contribution is -1.99. The number of nitrogens with zero attached hydrogens (tertiary/aromatic N) is 5. The van der Waals surface area contributed by atoms with Crippen LogP contribution in [0.4, 0.5) is 11.5 Å². The first kappa shape index (κ1) is 14.9. The predicted octanol–water partition coefficient (Wildman–Crippen LogP) is 3.44. The van der Waals surface area contributed by atoms with Gasteiger partial charge in [-0.1, -0.05) is 6.07 Å². The van der Waals surface area contributed by atoms with Crippen molar-refractivity contribution in [2.24, 2.45) is 0 Å². The molecule has 3 rings (SSSR count). The number of hydrogen-bond donors (Lipinski definition) is 1. The Kier molecular flexibility index (Phi) is 4.40. The minimum absolute atomic E-state index is 0.218. The SMILES string of the molecule is N#Cc1nccnc1Nc1cccc(Oc2ncc(Br)cn2)c1. The molecule has 2 aromatic heterocycles. The summed E-state index contributed by atoms with van der Waals surface area (Å²) >= 11 is 3.26. The van der Waals surface area contributed by atoms with Crippen LogP contribution >= 0.6 is 15.9 Å². The summed E-state index contributed by atoms with van der Waals surface area (Å²) in [4.78, 5) is 16.1. The molecule has 0 saturated carbocycles. The largest absolute Gasteiger partial charge is 0.424 e. The second-order valence-corrected chi connectivity index (χ2v) is 5.22. The predicted molar refractivity (Wildman–Crippen MR) is 86.3 cm³/mol. The van der Waals surface area contributed by atoms with Crippen molar-refractivity contribution >= 4 is 27.4 Å². The van der Waals surface area contributed by atoms with E-state index in [4.69, 9.17) is 10.00 Å². The molecule has 7 nitrogen and oxygen atoms in total. The van der Waals surface area contributed by atoms with Gasteiger partial charge in [-0.05, 0) is 28.1 Å². The van der Waals surface area contributed by atoms with Gasteiger partial charge in [0.15, 0.2) is 11.5 Å². The van der Waals surface area contributed by atoms with Gasteiger partial charge in [0.05, 0.1) is 4.47 Å². The van der Waals surface area contributed by atoms with Gasteiger partial charge in [0.25, 0.3) is 0 Å². The first-order valence-electron chi connectivity index (χ1n) is 6.48. The number of aromatic nitrogens is 4. The first-order valence-corrected chi connectivity index (χ1v) is 7.27. The summed E-state index contributed by atoms with van der Waals surface area (Å²) < 4.78 is 6.35. The summed E-state index contributed by atoms with van der Waals surface area (Å²) in [5, 5.41) is 12.1. The highest BCUT2D eigenvalue weighted by molar-refractivity contribution is 9.10. The topological polar surface area (TPSA) is 96.6 Å². The second-order valence-electron chi connectivity index (χ2n) is 4.30. The summed E-state index contributed by atoms with van der Waals surface area (Å²) in [6, 6.07) is 9.38. The van der Waals surface area contributed by atoms with Crippen LogP contribution < -0.4 is 10.1 Å². The van der Waals surface area contributed by atoms with Gasteiger partial charge in [-0.3, -0.25) is 0 Å². The van der Waals surface area contributed by atoms with Crippen molar-refractivity contribution in [1.29, 1.82) is 5.26 Å². The van der Waals surface area contributed by atoms with Crippen LogP contribution in [0.25, 0.3) is 0 Å². The van der Waals surface area contributed by atoms with Crippen molar-refractivity contribution in [3.63, 3.8) is 0 Å². The van der Waals surface area contributed by atoms with Gasteiger partial charge in [0, 0.05) is 36.5 Å². The van der Waals surface area contributed by atoms with Crippen molar-refractivity contribution in [3.05, 3.63) is 59.2 Å². The molecule has 112 valence electrons. The van der Waals surface area contributed by atoms with E-state index in [2.05, 4.69) is 41.2 Å². The molecule has 8 heteroatoms. The minimum atomic E-state index is 0.218. The maximum atomic E-state index is 9.03. The molecule has 0 spiro atoms. The van der Waals surface area contributed by atoms with E-state index in [1.54, 1.807) is 30.6 Å². The van der Waals surface area contributed by atoms with Crippen LogP contribution in [0, 0.1) is 11.3 Å². The number of nitrogens with one attached hydrogen (secondary N) is 1. The van der Waals surface area contributed by atoms with Gasteiger partial charge < -0.3 is 10.1 Å². The Balaban J connectivity index is 1.80. The van der Waals surface area contributed by atoms with Gasteiger partial charge in [-0.15, -0.1) is 0 Å². The van der Waals surface area contributed by atoms with E-state index in [0.29, 0.717) is 17.3 Å². The van der Waals surface area contributed by atoms with Crippen molar-refractivity contribution < 1.29 is 4.74 Å². The lowest BCUT2D eigenvalue weighted by molar-refractivity contribution is 0.441. The molecular weight excluding hydrogens is 360 g/mol. The number of benzene rings is 1. The smallest absolute Gasteiger partial charge is 0.321 e. The fraction of sp³-hybridized carbons (Fsp3) is 0. The van der Waals surface area contributed by atoms with Crippen LogP contribution in [0.3, 0.4) is 0 Å². The van der Waals surface area contributed by atoms with Gasteiger partial charge in [-0.25, -0.2) is 19.9 Å². The highest BCUT2D eigenvalue weighted by Crippen LogP contribution is 2.24. The number of ether oxygens (including phenoxy) is 1. The Morgan fingerprint density at radius 3 is 2.65 bits per heavy atom. The van der Waals surface area contributed by atoms with E-state index in [1.165, 1.54) is 12.4 Å². The molecule has 0 saturated heterocycles. The molecule has 0 atom stereocenters. The van der Waals surface area contributed by atoms with Crippen LogP contribution in [0.1, 0.15) is 5.69 Å². The van der Waals surface area contributed by atoms with Crippen LogP contribution in [-0.2, 0) is 0 Å². The van der Waals surface area contributed by atoms with Crippen molar-refractivity contribution in [2.75, 3.05) is 5.32 Å². The van der Waals surface area contributed by atoms with Gasteiger partial charge in [0.1, 0.15) is 11.8 Å². The normalized spacial score (nSPS) is 9.91. The third-order valence-electron chi connectivity index (χ3n) is 2.71. The van der Waals surface area contributed by atoms with E-state index in [9.17, 15) is 0 Å². The number of anilines is 2. The third-order valence-corrected chi connectivity index (χ3v) is 3.12. The molecule has 1 N–H and O–H groups in total. The fourth-order valence-corrected chi connectivity index (χ4v) is 1.95. The Morgan fingerprint density at radius 2 is 1.87 bits per heavy atom. The molecule has 0 unspecified atom stereocenters. The molecule has 3 aromatic rings. The second kappa shape index (κ2) is 6.81. The third kappa shape index (κ3) is 3.78. The summed E-state index contributed by atoms with van der Waals surface area (Å²) in [5.41, 5.74) is 0.923. The zero-order valence-corrected chi connectivity index (χ0v) is 13.2. The molecule has 0 radical (unpaired) electrons. The maximum absolute atomic E-state index is 9.03. The summed E-state index contributed by atoms with van der Waals surface area (Å²) in [5.74, 6) is 0.937. The maximum Gasteiger partial charge on any atom is 0.321 e. The molecule has 1 aromatic carbocycles. The molecular formula is C15H9BrN6O. The molecule has 23 heavy (non-hydrogen) atoms. The fourth-order valence-electron chi connectivity index (χ4n) is 1.74. The summed E-state index contributed by atoms with van der Waals surface area (Å²) in [7, 11) is 0. The molecule has 0 aliphatic heterocycles. The highest BCUT2D eigenvalue weighted by atomic mass is 79.9. The molecule has 0 bridgehead atoms. The Hall–Kier alpha value is -3.05. The number of halogens is 1. The number of hydrogen-bond acceptors (Lipinski definition) is 7. The lowest BCUT2D eigenvalue weighted by atomic mass is 10.3. The Labute approximate surface area is 140 Å². The first-order chi connectivity index (χ1) is 11.2. The van der Waals surface area contributed by atoms with E-state index in [1.807, 2.05) is 12.1 Å². The standard InChI is InChI=1S/C15H9BrN6O/c16-10-8-20-15(21-9-10)23-12-3-1-2-11(6-12)22-14-13(7-17)18-4-5-19-14/h1-6,8-9H,(H,19,22). The van der Waals surface area contributed by atoms with Crippen molar-refractivity contribution in [1.82, 2.24) is 19.9 Å². The average Bonchev–Trinajstić information content (AvgIpc) is 2.58. The summed E-state index contributed by atoms with van der Waals surface area (Å²) in [6.07, 6.45) is 6.18. The molecule has 2 heterocycles. The zero-order chi connectivity index (χ0) is 16.1. The van der Waals surface area contributed by atoms with Gasteiger partial charge in [0.2, 0.25) is 0 Å². The average molecular weight is 369 g/mol. The van der Waals surface area contributed by atoms with E-state index in [0.717, 1.165) is 4.47 Å². The van der Waals surface area contributed by atoms with Crippen molar-refractivity contribution in [2.45, 2.75) is 0 Å². The van der Waals surface area contributed by atoms with E-state index >= 15 is 0 Å². The van der Waals surface area contributed by atoms with Gasteiger partial charge >= 0.3 is 6.01 Å². The zero-order valence-electron chi connectivity index (χ0n) is 11.6. The van der Waals surface area contributed by atoms with E-state index in [-0.39, 0.29) is 11.7 Å². The lowest BCUT2D eigenvalue weighted by Gasteiger charge is -2.08. The Bertz CT molecular complexity index is 862. The van der Waals surface area contributed by atoms with Crippen LogP contribution in [0.2, 0.25) is 0 Å². The summed E-state index contributed by atoms with van der Waals surface area (Å²) in [6.45, 7) is 0. The minimum Gasteiger partial charge on any atom is -0.424 e. The number of nitriles is 1. The van der Waals surface area contributed by atoms with E-state index < -0.39 is 0 Å². The van der Waals surface area contributed by atoms with Crippen LogP contribution in [-0.4, -0.2) is 19.9 Å². The van der Waals surface area contributed by atoms with Crippen LogP contribution in [0.15, 0.2) is 53.5 Å². The Morgan fingerprint density at radius 1 is 1.09 bits per heavy atom. The van der Waals surface area contributed by atoms with Crippen LogP contribution in [0.5, 0.6) is 11.8 Å². The quantitative estimate of drug-likeness (QED) is 0.752. The van der Waals surface area contributed by atoms with Crippen molar-refractivity contribution in [3.8, 4) is 17.8 Å². The molecule has 0 fully saturated rings. The molecule has 0 aliphatic rings. The van der Waals surface area contributed by atoms with Gasteiger partial charge in [-0.2, -0.15) is 5.26 Å². The molecule has 0 aliphatic carbocycles. The molecule has 0 amide bonds. The highest BCUT2D eigenvalue weighted by Gasteiger charge is 2.06. The monoisotopic (exact) mass is 368 g/mol. The number of rotatable bonds is 4.